The third-order valence-corrected chi connectivity index (χ3v) is 6.03. The molecular formula is C22H25N5OS. The van der Waals surface area contributed by atoms with Crippen LogP contribution in [0.1, 0.15) is 46.6 Å². The van der Waals surface area contributed by atoms with Crippen molar-refractivity contribution in [2.24, 2.45) is 5.92 Å². The van der Waals surface area contributed by atoms with Gasteiger partial charge in [0, 0.05) is 29.2 Å². The van der Waals surface area contributed by atoms with Gasteiger partial charge in [0.15, 0.2) is 0 Å². The minimum Gasteiger partial charge on any atom is -0.352 e. The number of nitrogens with one attached hydrogen (secondary N) is 1. The lowest BCUT2D eigenvalue weighted by Crippen LogP contribution is -2.30. The zero-order valence-electron chi connectivity index (χ0n) is 16.8. The largest absolute Gasteiger partial charge is 0.352 e. The van der Waals surface area contributed by atoms with E-state index in [-0.39, 0.29) is 5.91 Å². The number of hydrogen-bond donors (Lipinski definition) is 1. The topological polar surface area (TPSA) is 72.2 Å². The van der Waals surface area contributed by atoms with Gasteiger partial charge in [0.2, 0.25) is 5.16 Å². The monoisotopic (exact) mass is 407 g/mol. The molecule has 29 heavy (non-hydrogen) atoms. The molecule has 0 saturated heterocycles. The fraction of sp³-hybridized carbons (Fsp3) is 0.364. The number of aryl methyl sites for hydroxylation is 2. The van der Waals surface area contributed by atoms with Gasteiger partial charge in [-0.1, -0.05) is 42.1 Å². The van der Waals surface area contributed by atoms with Crippen LogP contribution < -0.4 is 5.32 Å². The molecule has 0 aliphatic heterocycles. The zero-order valence-corrected chi connectivity index (χ0v) is 17.6. The second kappa shape index (κ2) is 8.78. The lowest BCUT2D eigenvalue weighted by Gasteiger charge is -2.18. The standard InChI is InChI=1S/C22H25N5OS/c1-15-12-16(2)27-21(24-15)25-22(26-27)29-14-18-10-6-7-11-19(18)20(28)23-13-17-8-4-3-5-9-17/h3-4,6-7,10-12,17H,5,8-9,13-14H2,1-2H3,(H,23,28). The van der Waals surface area contributed by atoms with Crippen molar-refractivity contribution in [2.75, 3.05) is 6.54 Å². The first-order valence-electron chi connectivity index (χ1n) is 9.95. The predicted molar refractivity (Wildman–Crippen MR) is 115 cm³/mol. The highest BCUT2D eigenvalue weighted by atomic mass is 32.2. The minimum absolute atomic E-state index is 0.00755. The van der Waals surface area contributed by atoms with Crippen LogP contribution in [0.25, 0.3) is 5.78 Å². The molecule has 1 unspecified atom stereocenters. The number of benzene rings is 1. The molecule has 2 aromatic heterocycles. The summed E-state index contributed by atoms with van der Waals surface area (Å²) in [6, 6.07) is 9.74. The first-order chi connectivity index (χ1) is 14.1. The van der Waals surface area contributed by atoms with E-state index < -0.39 is 0 Å². The predicted octanol–water partition coefficient (Wildman–Crippen LogP) is 4.12. The number of rotatable bonds is 6. The summed E-state index contributed by atoms with van der Waals surface area (Å²) in [5, 5.41) is 8.32. The van der Waals surface area contributed by atoms with Gasteiger partial charge in [-0.2, -0.15) is 4.98 Å². The fourth-order valence-corrected chi connectivity index (χ4v) is 4.41. The van der Waals surface area contributed by atoms with E-state index in [1.807, 2.05) is 44.2 Å². The number of allylic oxidation sites excluding steroid dienone is 2. The number of amides is 1. The number of nitrogens with zero attached hydrogens (tertiary/aromatic N) is 4. The third kappa shape index (κ3) is 4.67. The van der Waals surface area contributed by atoms with Gasteiger partial charge in [0.1, 0.15) is 0 Å². The zero-order chi connectivity index (χ0) is 20.2. The van der Waals surface area contributed by atoms with Gasteiger partial charge in [-0.05, 0) is 56.7 Å². The van der Waals surface area contributed by atoms with Crippen molar-refractivity contribution in [3.05, 3.63) is 65.0 Å². The Kier molecular flexibility index (Phi) is 5.94. The number of aromatic nitrogens is 4. The Morgan fingerprint density at radius 3 is 2.93 bits per heavy atom. The molecule has 1 aliphatic rings. The van der Waals surface area contributed by atoms with Crippen LogP contribution in [-0.2, 0) is 5.75 Å². The summed E-state index contributed by atoms with van der Waals surface area (Å²) in [7, 11) is 0. The van der Waals surface area contributed by atoms with Gasteiger partial charge < -0.3 is 5.32 Å². The van der Waals surface area contributed by atoms with Crippen LogP contribution in [0.3, 0.4) is 0 Å². The summed E-state index contributed by atoms with van der Waals surface area (Å²) in [6.07, 6.45) is 7.72. The van der Waals surface area contributed by atoms with Crippen molar-refractivity contribution in [1.29, 1.82) is 0 Å². The molecule has 0 radical (unpaired) electrons. The average Bonchev–Trinajstić information content (AvgIpc) is 3.15. The highest BCUT2D eigenvalue weighted by Crippen LogP contribution is 2.23. The minimum atomic E-state index is -0.00755. The van der Waals surface area contributed by atoms with Crippen LogP contribution in [-0.4, -0.2) is 32.0 Å². The van der Waals surface area contributed by atoms with Crippen LogP contribution in [0.4, 0.5) is 0 Å². The second-order valence-corrected chi connectivity index (χ2v) is 8.39. The van der Waals surface area contributed by atoms with E-state index in [0.717, 1.165) is 48.3 Å². The van der Waals surface area contributed by atoms with Crippen molar-refractivity contribution in [1.82, 2.24) is 24.9 Å². The third-order valence-electron chi connectivity index (χ3n) is 5.15. The van der Waals surface area contributed by atoms with E-state index in [1.54, 1.807) is 4.52 Å². The Hall–Kier alpha value is -2.67. The highest BCUT2D eigenvalue weighted by molar-refractivity contribution is 7.98. The first kappa shape index (κ1) is 19.6. The van der Waals surface area contributed by atoms with Crippen molar-refractivity contribution in [2.45, 2.75) is 44.0 Å². The molecule has 1 N–H and O–H groups in total. The lowest BCUT2D eigenvalue weighted by atomic mass is 9.94. The van der Waals surface area contributed by atoms with Gasteiger partial charge in [-0.15, -0.1) is 5.10 Å². The molecule has 0 bridgehead atoms. The maximum Gasteiger partial charge on any atom is 0.253 e. The summed E-state index contributed by atoms with van der Waals surface area (Å²) in [6.45, 7) is 4.67. The Labute approximate surface area is 174 Å². The normalized spacial score (nSPS) is 16.3. The van der Waals surface area contributed by atoms with E-state index in [0.29, 0.717) is 22.6 Å². The molecule has 0 saturated carbocycles. The molecule has 0 fully saturated rings. The Bertz CT molecular complexity index is 1060. The molecule has 6 nitrogen and oxygen atoms in total. The average molecular weight is 408 g/mol. The molecule has 1 aliphatic carbocycles. The summed E-state index contributed by atoms with van der Waals surface area (Å²) in [5.74, 6) is 1.77. The number of carbonyl (C=O) groups is 1. The Morgan fingerprint density at radius 1 is 1.24 bits per heavy atom. The van der Waals surface area contributed by atoms with Crippen molar-refractivity contribution in [3.63, 3.8) is 0 Å². The molecule has 2 heterocycles. The number of thioether (sulfide) groups is 1. The van der Waals surface area contributed by atoms with Gasteiger partial charge in [-0.25, -0.2) is 9.50 Å². The maximum atomic E-state index is 12.8. The van der Waals surface area contributed by atoms with Gasteiger partial charge in [0.25, 0.3) is 11.7 Å². The van der Waals surface area contributed by atoms with Crippen LogP contribution in [0.15, 0.2) is 47.6 Å². The summed E-state index contributed by atoms with van der Waals surface area (Å²) >= 11 is 1.52. The van der Waals surface area contributed by atoms with Crippen LogP contribution in [0, 0.1) is 19.8 Å². The molecule has 1 aromatic carbocycles. The molecule has 0 spiro atoms. The molecular weight excluding hydrogens is 382 g/mol. The van der Waals surface area contributed by atoms with Crippen LogP contribution in [0.5, 0.6) is 0 Å². The smallest absolute Gasteiger partial charge is 0.253 e. The van der Waals surface area contributed by atoms with E-state index in [2.05, 4.69) is 32.5 Å². The maximum absolute atomic E-state index is 12.8. The van der Waals surface area contributed by atoms with Crippen LogP contribution in [0.2, 0.25) is 0 Å². The van der Waals surface area contributed by atoms with Crippen LogP contribution >= 0.6 is 11.8 Å². The van der Waals surface area contributed by atoms with E-state index in [4.69, 9.17) is 0 Å². The number of fused-ring (bicyclic) bond motifs is 1. The van der Waals surface area contributed by atoms with E-state index >= 15 is 0 Å². The molecule has 1 amide bonds. The van der Waals surface area contributed by atoms with Crippen molar-refractivity contribution in [3.8, 4) is 0 Å². The molecule has 1 atom stereocenters. The molecule has 7 heteroatoms. The van der Waals surface area contributed by atoms with E-state index in [9.17, 15) is 4.79 Å². The second-order valence-electron chi connectivity index (χ2n) is 7.45. The fourth-order valence-electron chi connectivity index (χ4n) is 3.59. The van der Waals surface area contributed by atoms with Crippen molar-refractivity contribution >= 4 is 23.4 Å². The molecule has 3 aromatic rings. The first-order valence-corrected chi connectivity index (χ1v) is 10.9. The summed E-state index contributed by atoms with van der Waals surface area (Å²) < 4.78 is 1.76. The molecule has 4 rings (SSSR count). The Balaban J connectivity index is 1.43. The number of hydrogen-bond acceptors (Lipinski definition) is 5. The SMILES string of the molecule is Cc1cc(C)n2nc(SCc3ccccc3C(=O)NCC3CC=CCC3)nc2n1. The summed E-state index contributed by atoms with van der Waals surface area (Å²) in [4.78, 5) is 21.7. The quantitative estimate of drug-likeness (QED) is 0.492. The lowest BCUT2D eigenvalue weighted by molar-refractivity contribution is 0.0945. The Morgan fingerprint density at radius 2 is 2.10 bits per heavy atom. The summed E-state index contributed by atoms with van der Waals surface area (Å²) in [5.41, 5.74) is 3.64. The van der Waals surface area contributed by atoms with E-state index in [1.165, 1.54) is 11.8 Å². The number of carbonyl (C=O) groups excluding carboxylic acids is 1. The molecule has 150 valence electrons. The van der Waals surface area contributed by atoms with Gasteiger partial charge >= 0.3 is 0 Å². The highest BCUT2D eigenvalue weighted by Gasteiger charge is 2.16. The van der Waals surface area contributed by atoms with Gasteiger partial charge in [-0.3, -0.25) is 4.79 Å². The van der Waals surface area contributed by atoms with Gasteiger partial charge in [0.05, 0.1) is 0 Å². The van der Waals surface area contributed by atoms with Crippen molar-refractivity contribution < 1.29 is 4.79 Å².